The van der Waals surface area contributed by atoms with Crippen LogP contribution in [0.3, 0.4) is 0 Å². The van der Waals surface area contributed by atoms with Gasteiger partial charge in [-0.3, -0.25) is 0 Å². The number of rotatable bonds is 6. The minimum absolute atomic E-state index is 0.107. The van der Waals surface area contributed by atoms with Gasteiger partial charge in [0.15, 0.2) is 0 Å². The van der Waals surface area contributed by atoms with Crippen molar-refractivity contribution in [2.24, 2.45) is 0 Å². The summed E-state index contributed by atoms with van der Waals surface area (Å²) < 4.78 is 10.7. The van der Waals surface area contributed by atoms with Gasteiger partial charge in [0.05, 0.1) is 6.61 Å². The van der Waals surface area contributed by atoms with E-state index in [1.807, 2.05) is 13.8 Å². The second-order valence-electron chi connectivity index (χ2n) is 3.70. The van der Waals surface area contributed by atoms with Crippen molar-refractivity contribution in [1.29, 1.82) is 0 Å². The molecule has 0 fully saturated rings. The van der Waals surface area contributed by atoms with Crippen LogP contribution in [0.2, 0.25) is 0 Å². The minimum Gasteiger partial charge on any atom is -0.477 e. The van der Waals surface area contributed by atoms with Crippen molar-refractivity contribution in [3.05, 3.63) is 23.4 Å². The van der Waals surface area contributed by atoms with Crippen molar-refractivity contribution >= 4 is 5.97 Å². The highest BCUT2D eigenvalue weighted by molar-refractivity contribution is 5.91. The van der Waals surface area contributed by atoms with E-state index in [0.717, 1.165) is 0 Å². The lowest BCUT2D eigenvalue weighted by molar-refractivity contribution is 0.0586. The third kappa shape index (κ3) is 3.71. The Morgan fingerprint density at radius 3 is 2.88 bits per heavy atom. The molecule has 17 heavy (non-hydrogen) atoms. The fourth-order valence-corrected chi connectivity index (χ4v) is 1.39. The van der Waals surface area contributed by atoms with Gasteiger partial charge in [-0.1, -0.05) is 0 Å². The van der Waals surface area contributed by atoms with Crippen molar-refractivity contribution < 1.29 is 19.4 Å². The van der Waals surface area contributed by atoms with Gasteiger partial charge in [-0.15, -0.1) is 0 Å². The molecule has 0 aliphatic carbocycles. The van der Waals surface area contributed by atoms with Gasteiger partial charge < -0.3 is 14.6 Å². The molecule has 1 aromatic rings. The summed E-state index contributed by atoms with van der Waals surface area (Å²) in [7, 11) is 0. The van der Waals surface area contributed by atoms with Crippen molar-refractivity contribution in [1.82, 2.24) is 4.98 Å². The van der Waals surface area contributed by atoms with Gasteiger partial charge in [-0.25, -0.2) is 9.78 Å². The molecule has 0 aliphatic heterocycles. The maximum absolute atomic E-state index is 11.1. The van der Waals surface area contributed by atoms with E-state index in [4.69, 9.17) is 14.6 Å². The molecule has 1 rings (SSSR count). The van der Waals surface area contributed by atoms with Crippen LogP contribution in [0.5, 0.6) is 5.88 Å². The monoisotopic (exact) mass is 239 g/mol. The van der Waals surface area contributed by atoms with Crippen molar-refractivity contribution in [2.45, 2.75) is 26.9 Å². The third-order valence-electron chi connectivity index (χ3n) is 2.21. The molecule has 1 N–H and O–H groups in total. The number of nitrogens with zero attached hydrogens (tertiary/aromatic N) is 1. The summed E-state index contributed by atoms with van der Waals surface area (Å²) in [4.78, 5) is 15.0. The third-order valence-corrected chi connectivity index (χ3v) is 2.21. The number of hydrogen-bond acceptors (Lipinski definition) is 4. The molecule has 94 valence electrons. The van der Waals surface area contributed by atoms with Gasteiger partial charge in [0.25, 0.3) is 0 Å². The van der Waals surface area contributed by atoms with Crippen LogP contribution in [0.15, 0.2) is 12.3 Å². The highest BCUT2D eigenvalue weighted by Gasteiger charge is 2.17. The van der Waals surface area contributed by atoms with Crippen LogP contribution in [0, 0.1) is 6.92 Å². The lowest BCUT2D eigenvalue weighted by Crippen LogP contribution is -2.21. The first-order valence-electron chi connectivity index (χ1n) is 5.49. The van der Waals surface area contributed by atoms with E-state index in [1.54, 1.807) is 13.0 Å². The SMILES string of the molecule is CCOCC(C)Oc1nccc(C)c1C(=O)O. The van der Waals surface area contributed by atoms with E-state index in [-0.39, 0.29) is 17.5 Å². The summed E-state index contributed by atoms with van der Waals surface area (Å²) in [5.74, 6) is -0.890. The molecule has 0 radical (unpaired) electrons. The minimum atomic E-state index is -1.03. The molecule has 1 unspecified atom stereocenters. The quantitative estimate of drug-likeness (QED) is 0.821. The lowest BCUT2D eigenvalue weighted by Gasteiger charge is -2.15. The number of aromatic carboxylic acids is 1. The molecular weight excluding hydrogens is 222 g/mol. The Labute approximate surface area is 100 Å². The molecule has 5 nitrogen and oxygen atoms in total. The van der Waals surface area contributed by atoms with E-state index in [9.17, 15) is 4.79 Å². The van der Waals surface area contributed by atoms with Crippen LogP contribution >= 0.6 is 0 Å². The Bertz CT molecular complexity index is 392. The average molecular weight is 239 g/mol. The number of pyridine rings is 1. The fourth-order valence-electron chi connectivity index (χ4n) is 1.39. The topological polar surface area (TPSA) is 68.7 Å². The zero-order valence-corrected chi connectivity index (χ0v) is 10.3. The summed E-state index contributed by atoms with van der Waals surface area (Å²) in [5, 5.41) is 9.08. The molecule has 0 bridgehead atoms. The molecule has 1 heterocycles. The molecule has 0 amide bonds. The lowest BCUT2D eigenvalue weighted by atomic mass is 10.1. The maximum Gasteiger partial charge on any atom is 0.341 e. The smallest absolute Gasteiger partial charge is 0.341 e. The number of aryl methyl sites for hydroxylation is 1. The highest BCUT2D eigenvalue weighted by atomic mass is 16.5. The zero-order chi connectivity index (χ0) is 12.8. The molecule has 1 aromatic heterocycles. The normalized spacial score (nSPS) is 12.2. The predicted octanol–water partition coefficient (Wildman–Crippen LogP) is 1.89. The van der Waals surface area contributed by atoms with Crippen LogP contribution in [0.25, 0.3) is 0 Å². The Balaban J connectivity index is 2.83. The molecule has 1 atom stereocenters. The number of ether oxygens (including phenoxy) is 2. The molecule has 0 spiro atoms. The van der Waals surface area contributed by atoms with Gasteiger partial charge >= 0.3 is 5.97 Å². The number of aromatic nitrogens is 1. The summed E-state index contributed by atoms with van der Waals surface area (Å²) in [6, 6.07) is 1.64. The second kappa shape index (κ2) is 6.20. The van der Waals surface area contributed by atoms with Gasteiger partial charge in [-0.2, -0.15) is 0 Å². The second-order valence-corrected chi connectivity index (χ2v) is 3.70. The number of carboxylic acid groups (broad SMARTS) is 1. The molecule has 0 aromatic carbocycles. The van der Waals surface area contributed by atoms with Gasteiger partial charge in [-0.05, 0) is 32.4 Å². The highest BCUT2D eigenvalue weighted by Crippen LogP contribution is 2.20. The molecular formula is C12H17NO4. The first kappa shape index (κ1) is 13.4. The van der Waals surface area contributed by atoms with E-state index in [0.29, 0.717) is 18.8 Å². The predicted molar refractivity (Wildman–Crippen MR) is 62.5 cm³/mol. The van der Waals surface area contributed by atoms with Crippen LogP contribution < -0.4 is 4.74 Å². The summed E-state index contributed by atoms with van der Waals surface area (Å²) in [6.45, 7) is 6.42. The number of carbonyl (C=O) groups is 1. The number of hydrogen-bond donors (Lipinski definition) is 1. The first-order valence-corrected chi connectivity index (χ1v) is 5.49. The Morgan fingerprint density at radius 1 is 1.59 bits per heavy atom. The Hall–Kier alpha value is -1.62. The van der Waals surface area contributed by atoms with Crippen LogP contribution in [0.4, 0.5) is 0 Å². The summed E-state index contributed by atoms with van der Waals surface area (Å²) in [6.07, 6.45) is 1.30. The van der Waals surface area contributed by atoms with E-state index >= 15 is 0 Å². The molecule has 5 heteroatoms. The van der Waals surface area contributed by atoms with E-state index in [2.05, 4.69) is 4.98 Å². The standard InChI is InChI=1S/C12H17NO4/c1-4-16-7-9(3)17-11-10(12(14)15)8(2)5-6-13-11/h5-6,9H,4,7H2,1-3H3,(H,14,15). The van der Waals surface area contributed by atoms with Crippen molar-refractivity contribution in [3.63, 3.8) is 0 Å². The van der Waals surface area contributed by atoms with Crippen LogP contribution in [0.1, 0.15) is 29.8 Å². The molecule has 0 aliphatic rings. The summed E-state index contributed by atoms with van der Waals surface area (Å²) >= 11 is 0. The Morgan fingerprint density at radius 2 is 2.29 bits per heavy atom. The number of carboxylic acids is 1. The van der Waals surface area contributed by atoms with Gasteiger partial charge in [0, 0.05) is 12.8 Å². The molecule has 0 saturated heterocycles. The average Bonchev–Trinajstić information content (AvgIpc) is 2.25. The zero-order valence-electron chi connectivity index (χ0n) is 10.3. The van der Waals surface area contributed by atoms with E-state index in [1.165, 1.54) is 6.20 Å². The van der Waals surface area contributed by atoms with Crippen LogP contribution in [-0.2, 0) is 4.74 Å². The Kier molecular flexibility index (Phi) is 4.90. The van der Waals surface area contributed by atoms with Crippen molar-refractivity contribution in [3.8, 4) is 5.88 Å². The fraction of sp³-hybridized carbons (Fsp3) is 0.500. The summed E-state index contributed by atoms with van der Waals surface area (Å²) in [5.41, 5.74) is 0.738. The molecule has 0 saturated carbocycles. The first-order chi connectivity index (χ1) is 8.06. The van der Waals surface area contributed by atoms with Crippen molar-refractivity contribution in [2.75, 3.05) is 13.2 Å². The maximum atomic E-state index is 11.1. The largest absolute Gasteiger partial charge is 0.477 e. The van der Waals surface area contributed by atoms with Crippen LogP contribution in [-0.4, -0.2) is 35.4 Å². The van der Waals surface area contributed by atoms with E-state index < -0.39 is 5.97 Å². The van der Waals surface area contributed by atoms with Gasteiger partial charge in [0.2, 0.25) is 5.88 Å². The van der Waals surface area contributed by atoms with Gasteiger partial charge in [0.1, 0.15) is 11.7 Å².